The minimum Gasteiger partial charge on any atom is -0.482 e. The molecule has 2 aromatic rings. The molecule has 6 nitrogen and oxygen atoms in total. The van der Waals surface area contributed by atoms with Crippen molar-refractivity contribution in [2.45, 2.75) is 13.1 Å². The normalized spacial score (nSPS) is 11.7. The molecule has 0 aliphatic carbocycles. The first-order valence-corrected chi connectivity index (χ1v) is 8.71. The Bertz CT molecular complexity index is 932. The first kappa shape index (κ1) is 22.5. The Hall–Kier alpha value is -2.78. The molecule has 2 N–H and O–H groups in total. The molecule has 0 heterocycles. The fraction of sp³-hybridized carbons (Fsp3) is 0.167. The van der Waals surface area contributed by atoms with E-state index >= 15 is 0 Å². The lowest BCUT2D eigenvalue weighted by Crippen LogP contribution is -2.29. The number of hydrogen-bond acceptors (Lipinski definition) is 4. The van der Waals surface area contributed by atoms with Gasteiger partial charge in [0.1, 0.15) is 5.75 Å². The van der Waals surface area contributed by atoms with Gasteiger partial charge in [0.05, 0.1) is 10.7 Å². The summed E-state index contributed by atoms with van der Waals surface area (Å²) in [7, 11) is 0. The maximum absolute atomic E-state index is 12.2. The number of nitrogens with one attached hydrogen (secondary N) is 2. The lowest BCUT2D eigenvalue weighted by Gasteiger charge is -2.09. The van der Waals surface area contributed by atoms with Gasteiger partial charge in [-0.1, -0.05) is 35.3 Å². The van der Waals surface area contributed by atoms with E-state index in [4.69, 9.17) is 27.9 Å². The molecule has 0 atom stereocenters. The van der Waals surface area contributed by atoms with E-state index in [1.165, 1.54) is 36.4 Å². The van der Waals surface area contributed by atoms with Crippen LogP contribution in [-0.2, 0) is 9.59 Å². The number of rotatable bonds is 6. The minimum absolute atomic E-state index is 0.0267. The van der Waals surface area contributed by atoms with Crippen molar-refractivity contribution in [3.63, 3.8) is 0 Å². The fourth-order valence-electron chi connectivity index (χ4n) is 1.98. The van der Waals surface area contributed by atoms with Crippen molar-refractivity contribution in [1.82, 2.24) is 5.43 Å². The van der Waals surface area contributed by atoms with Gasteiger partial charge in [0.2, 0.25) is 0 Å². The number of anilines is 1. The predicted octanol–water partition coefficient (Wildman–Crippen LogP) is 4.41. The van der Waals surface area contributed by atoms with Crippen molar-refractivity contribution in [2.24, 2.45) is 5.10 Å². The summed E-state index contributed by atoms with van der Waals surface area (Å²) in [6, 6.07) is 10.0. The highest BCUT2D eigenvalue weighted by Gasteiger charge is 2.38. The number of hydrogen-bond donors (Lipinski definition) is 2. The van der Waals surface area contributed by atoms with Crippen LogP contribution in [0.4, 0.5) is 18.9 Å². The van der Waals surface area contributed by atoms with Crippen molar-refractivity contribution in [2.75, 3.05) is 11.9 Å². The number of ether oxygens (including phenoxy) is 1. The average Bonchev–Trinajstić information content (AvgIpc) is 2.65. The lowest BCUT2D eigenvalue weighted by molar-refractivity contribution is -0.167. The second-order valence-corrected chi connectivity index (χ2v) is 6.47. The van der Waals surface area contributed by atoms with Crippen LogP contribution in [0, 0.1) is 0 Å². The van der Waals surface area contributed by atoms with Gasteiger partial charge >= 0.3 is 12.1 Å². The molecule has 0 unspecified atom stereocenters. The Morgan fingerprint density at radius 3 is 2.34 bits per heavy atom. The van der Waals surface area contributed by atoms with Gasteiger partial charge in [-0.3, -0.25) is 9.59 Å². The summed E-state index contributed by atoms with van der Waals surface area (Å²) in [4.78, 5) is 22.7. The van der Waals surface area contributed by atoms with E-state index in [1.54, 1.807) is 18.3 Å². The molecule has 0 aromatic heterocycles. The largest absolute Gasteiger partial charge is 0.482 e. The van der Waals surface area contributed by atoms with Crippen molar-refractivity contribution in [3.8, 4) is 5.75 Å². The third-order valence-corrected chi connectivity index (χ3v) is 3.95. The molecule has 0 radical (unpaired) electrons. The monoisotopic (exact) mass is 447 g/mol. The molecule has 0 aliphatic heterocycles. The molecule has 0 fully saturated rings. The van der Waals surface area contributed by atoms with Crippen LogP contribution in [0.5, 0.6) is 5.75 Å². The molecule has 2 rings (SSSR count). The molecular formula is C18H14Cl2F3N3O3. The van der Waals surface area contributed by atoms with E-state index in [1.807, 2.05) is 0 Å². The molecule has 2 amide bonds. The van der Waals surface area contributed by atoms with Crippen LogP contribution in [0.2, 0.25) is 10.0 Å². The Morgan fingerprint density at radius 2 is 1.76 bits per heavy atom. The number of carbonyl (C=O) groups is 2. The van der Waals surface area contributed by atoms with Gasteiger partial charge in [-0.25, -0.2) is 5.43 Å². The van der Waals surface area contributed by atoms with Gasteiger partial charge in [0.15, 0.2) is 6.61 Å². The highest BCUT2D eigenvalue weighted by molar-refractivity contribution is 6.35. The Balaban J connectivity index is 1.90. The van der Waals surface area contributed by atoms with Gasteiger partial charge in [-0.05, 0) is 42.8 Å². The van der Waals surface area contributed by atoms with E-state index < -0.39 is 18.0 Å². The van der Waals surface area contributed by atoms with Gasteiger partial charge in [0, 0.05) is 10.7 Å². The zero-order valence-corrected chi connectivity index (χ0v) is 16.3. The number of alkyl halides is 3. The van der Waals surface area contributed by atoms with Crippen molar-refractivity contribution in [1.29, 1.82) is 0 Å². The number of amides is 2. The topological polar surface area (TPSA) is 79.8 Å². The van der Waals surface area contributed by atoms with Crippen LogP contribution in [0.1, 0.15) is 12.5 Å². The van der Waals surface area contributed by atoms with E-state index in [-0.39, 0.29) is 23.1 Å². The maximum atomic E-state index is 12.2. The number of nitrogens with zero attached hydrogens (tertiary/aromatic N) is 1. The third kappa shape index (κ3) is 6.95. The summed E-state index contributed by atoms with van der Waals surface area (Å²) >= 11 is 11.7. The third-order valence-electron chi connectivity index (χ3n) is 3.42. The average molecular weight is 448 g/mol. The minimum atomic E-state index is -4.97. The van der Waals surface area contributed by atoms with E-state index in [0.717, 1.165) is 0 Å². The summed E-state index contributed by atoms with van der Waals surface area (Å²) in [6.07, 6.45) is -4.97. The Morgan fingerprint density at radius 1 is 1.10 bits per heavy atom. The van der Waals surface area contributed by atoms with Crippen molar-refractivity contribution >= 4 is 46.4 Å². The predicted molar refractivity (Wildman–Crippen MR) is 103 cm³/mol. The quantitative estimate of drug-likeness (QED) is 0.508. The van der Waals surface area contributed by atoms with Gasteiger partial charge < -0.3 is 10.1 Å². The molecular weight excluding hydrogens is 434 g/mol. The molecule has 0 saturated heterocycles. The highest BCUT2D eigenvalue weighted by atomic mass is 35.5. The zero-order valence-electron chi connectivity index (χ0n) is 14.8. The van der Waals surface area contributed by atoms with Crippen LogP contribution in [-0.4, -0.2) is 30.3 Å². The number of halogens is 5. The molecule has 2 aromatic carbocycles. The molecule has 0 bridgehead atoms. The second kappa shape index (κ2) is 9.62. The van der Waals surface area contributed by atoms with Crippen LogP contribution in [0.15, 0.2) is 47.6 Å². The van der Waals surface area contributed by atoms with Gasteiger partial charge in [-0.15, -0.1) is 0 Å². The number of benzene rings is 2. The summed E-state index contributed by atoms with van der Waals surface area (Å²) in [6.45, 7) is 1.24. The van der Waals surface area contributed by atoms with E-state index in [9.17, 15) is 22.8 Å². The Kier molecular flexibility index (Phi) is 7.46. The SMILES string of the molecule is CC(=NNC(=O)COc1ccc(Cl)cc1Cl)c1ccc(NC(=O)C(F)(F)F)cc1. The molecule has 29 heavy (non-hydrogen) atoms. The van der Waals surface area contributed by atoms with Gasteiger partial charge in [-0.2, -0.15) is 18.3 Å². The first-order chi connectivity index (χ1) is 13.6. The standard InChI is InChI=1S/C18H14Cl2F3N3O3/c1-10(11-2-5-13(6-3-11)24-17(28)18(21,22)23)25-26-16(27)9-29-15-7-4-12(19)8-14(15)20/h2-8H,9H2,1H3,(H,24,28)(H,26,27). The highest BCUT2D eigenvalue weighted by Crippen LogP contribution is 2.27. The molecule has 0 aliphatic rings. The Labute approximate surface area is 173 Å². The number of carbonyl (C=O) groups excluding carboxylic acids is 2. The summed E-state index contributed by atoms with van der Waals surface area (Å²) in [5.74, 6) is -2.34. The maximum Gasteiger partial charge on any atom is 0.471 e. The van der Waals surface area contributed by atoms with Crippen molar-refractivity contribution < 1.29 is 27.5 Å². The summed E-state index contributed by atoms with van der Waals surface area (Å²) < 4.78 is 42.0. The molecule has 0 spiro atoms. The van der Waals surface area contributed by atoms with Crippen molar-refractivity contribution in [3.05, 3.63) is 58.1 Å². The summed E-state index contributed by atoms with van der Waals surface area (Å²) in [5, 5.41) is 6.30. The van der Waals surface area contributed by atoms with Crippen LogP contribution < -0.4 is 15.5 Å². The van der Waals surface area contributed by atoms with Crippen LogP contribution in [0.25, 0.3) is 0 Å². The molecule has 11 heteroatoms. The van der Waals surface area contributed by atoms with Gasteiger partial charge in [0.25, 0.3) is 5.91 Å². The zero-order chi connectivity index (χ0) is 21.6. The fourth-order valence-corrected chi connectivity index (χ4v) is 2.44. The van der Waals surface area contributed by atoms with E-state index in [0.29, 0.717) is 16.3 Å². The van der Waals surface area contributed by atoms with E-state index in [2.05, 4.69) is 10.5 Å². The summed E-state index contributed by atoms with van der Waals surface area (Å²) in [5.41, 5.74) is 3.17. The molecule has 0 saturated carbocycles. The molecule has 154 valence electrons. The number of hydrazone groups is 1. The second-order valence-electron chi connectivity index (χ2n) is 5.62. The smallest absolute Gasteiger partial charge is 0.471 e. The first-order valence-electron chi connectivity index (χ1n) is 7.96. The van der Waals surface area contributed by atoms with Crippen LogP contribution in [0.3, 0.4) is 0 Å². The lowest BCUT2D eigenvalue weighted by atomic mass is 10.1. The van der Waals surface area contributed by atoms with Crippen LogP contribution >= 0.6 is 23.2 Å².